The second kappa shape index (κ2) is 6.29. The second-order valence-corrected chi connectivity index (χ2v) is 6.23. The van der Waals surface area contributed by atoms with Crippen LogP contribution >= 0.6 is 11.6 Å². The third kappa shape index (κ3) is 3.00. The van der Waals surface area contributed by atoms with Gasteiger partial charge in [-0.1, -0.05) is 47.1 Å². The molecule has 1 saturated heterocycles. The van der Waals surface area contributed by atoms with Crippen LogP contribution in [0.3, 0.4) is 0 Å². The highest BCUT2D eigenvalue weighted by Gasteiger charge is 2.36. The van der Waals surface area contributed by atoms with Crippen molar-refractivity contribution in [1.82, 2.24) is 10.1 Å². The zero-order valence-corrected chi connectivity index (χ0v) is 13.8. The molecule has 0 bridgehead atoms. The van der Waals surface area contributed by atoms with Crippen molar-refractivity contribution in [3.63, 3.8) is 0 Å². The van der Waals surface area contributed by atoms with Crippen molar-refractivity contribution in [1.29, 1.82) is 0 Å². The lowest BCUT2D eigenvalue weighted by atomic mass is 10.1. The third-order valence-electron chi connectivity index (χ3n) is 4.15. The van der Waals surface area contributed by atoms with E-state index in [-0.39, 0.29) is 23.3 Å². The summed E-state index contributed by atoms with van der Waals surface area (Å²) in [5, 5.41) is 4.19. The number of benzene rings is 2. The van der Waals surface area contributed by atoms with Crippen LogP contribution in [0.15, 0.2) is 53.1 Å². The minimum atomic E-state index is -0.443. The molecule has 0 saturated carbocycles. The fourth-order valence-electron chi connectivity index (χ4n) is 2.91. The van der Waals surface area contributed by atoms with Gasteiger partial charge >= 0.3 is 0 Å². The Labute approximate surface area is 148 Å². The molecule has 7 heteroatoms. The van der Waals surface area contributed by atoms with Gasteiger partial charge in [0.25, 0.3) is 0 Å². The van der Waals surface area contributed by atoms with E-state index in [0.29, 0.717) is 23.9 Å². The molecule has 1 fully saturated rings. The van der Waals surface area contributed by atoms with E-state index >= 15 is 0 Å². The molecular weight excluding hydrogens is 345 g/mol. The number of aromatic nitrogens is 2. The Balaban J connectivity index is 1.57. The molecule has 3 aromatic rings. The van der Waals surface area contributed by atoms with E-state index in [1.165, 1.54) is 23.1 Å². The lowest BCUT2D eigenvalue weighted by molar-refractivity contribution is -0.117. The minimum Gasteiger partial charge on any atom is -0.339 e. The summed E-state index contributed by atoms with van der Waals surface area (Å²) in [7, 11) is 0. The van der Waals surface area contributed by atoms with Crippen LogP contribution < -0.4 is 4.90 Å². The average molecular weight is 358 g/mol. The van der Waals surface area contributed by atoms with Crippen LogP contribution in [0.25, 0.3) is 11.4 Å². The zero-order valence-electron chi connectivity index (χ0n) is 13.0. The zero-order chi connectivity index (χ0) is 17.4. The monoisotopic (exact) mass is 357 g/mol. The van der Waals surface area contributed by atoms with Crippen molar-refractivity contribution in [3.05, 3.63) is 65.3 Å². The number of nitrogens with zero attached hydrogens (tertiary/aromatic N) is 3. The lowest BCUT2D eigenvalue weighted by Crippen LogP contribution is -2.24. The Morgan fingerprint density at radius 2 is 2.00 bits per heavy atom. The van der Waals surface area contributed by atoms with Crippen LogP contribution in [0.5, 0.6) is 0 Å². The number of amides is 1. The molecule has 0 N–H and O–H groups in total. The van der Waals surface area contributed by atoms with E-state index in [0.717, 1.165) is 5.56 Å². The summed E-state index contributed by atoms with van der Waals surface area (Å²) in [4.78, 5) is 18.3. The van der Waals surface area contributed by atoms with E-state index in [9.17, 15) is 9.18 Å². The van der Waals surface area contributed by atoms with Gasteiger partial charge in [0.15, 0.2) is 0 Å². The van der Waals surface area contributed by atoms with Crippen LogP contribution in [0.2, 0.25) is 5.02 Å². The molecule has 1 aliphatic heterocycles. The summed E-state index contributed by atoms with van der Waals surface area (Å²) in [6.45, 7) is 0.362. The van der Waals surface area contributed by atoms with Crippen LogP contribution in [-0.4, -0.2) is 22.6 Å². The first kappa shape index (κ1) is 15.8. The molecule has 1 unspecified atom stereocenters. The van der Waals surface area contributed by atoms with Crippen LogP contribution in [0, 0.1) is 5.82 Å². The molecule has 1 amide bonds. The van der Waals surface area contributed by atoms with Gasteiger partial charge in [0.05, 0.1) is 16.6 Å². The molecule has 0 aliphatic carbocycles. The summed E-state index contributed by atoms with van der Waals surface area (Å²) in [5.74, 6) is 0.118. The van der Waals surface area contributed by atoms with E-state index in [1.54, 1.807) is 0 Å². The number of hydrogen-bond donors (Lipinski definition) is 0. The summed E-state index contributed by atoms with van der Waals surface area (Å²) in [5.41, 5.74) is 1.33. The molecular formula is C18H13ClFN3O2. The predicted molar refractivity (Wildman–Crippen MR) is 90.9 cm³/mol. The highest BCUT2D eigenvalue weighted by molar-refractivity contribution is 6.33. The summed E-state index contributed by atoms with van der Waals surface area (Å²) < 4.78 is 18.6. The van der Waals surface area contributed by atoms with E-state index in [4.69, 9.17) is 16.1 Å². The first-order valence-corrected chi connectivity index (χ1v) is 8.14. The molecule has 126 valence electrons. The molecule has 5 nitrogen and oxygen atoms in total. The largest absolute Gasteiger partial charge is 0.339 e. The Hall–Kier alpha value is -2.73. The SMILES string of the molecule is O=C1CC(c2nc(-c3ccccc3)no2)CN1c1ccc(F)cc1Cl. The second-order valence-electron chi connectivity index (χ2n) is 5.82. The van der Waals surface area contributed by atoms with Gasteiger partial charge in [0.2, 0.25) is 17.6 Å². The number of rotatable bonds is 3. The lowest BCUT2D eigenvalue weighted by Gasteiger charge is -2.17. The first-order valence-electron chi connectivity index (χ1n) is 7.76. The highest BCUT2D eigenvalue weighted by atomic mass is 35.5. The maximum Gasteiger partial charge on any atom is 0.232 e. The van der Waals surface area contributed by atoms with E-state index < -0.39 is 5.82 Å². The Morgan fingerprint density at radius 1 is 1.20 bits per heavy atom. The topological polar surface area (TPSA) is 59.2 Å². The fraction of sp³-hybridized carbons (Fsp3) is 0.167. The Morgan fingerprint density at radius 3 is 2.76 bits per heavy atom. The molecule has 1 atom stereocenters. The van der Waals surface area contributed by atoms with Crippen molar-refractivity contribution >= 4 is 23.2 Å². The van der Waals surface area contributed by atoms with Crippen LogP contribution in [-0.2, 0) is 4.79 Å². The molecule has 1 aromatic heterocycles. The maximum atomic E-state index is 13.2. The minimum absolute atomic E-state index is 0.113. The maximum absolute atomic E-state index is 13.2. The molecule has 0 spiro atoms. The molecule has 1 aliphatic rings. The summed E-state index contributed by atoms with van der Waals surface area (Å²) >= 11 is 6.07. The van der Waals surface area contributed by atoms with Crippen LogP contribution in [0.1, 0.15) is 18.2 Å². The van der Waals surface area contributed by atoms with E-state index in [2.05, 4.69) is 10.1 Å². The molecule has 4 rings (SSSR count). The van der Waals surface area contributed by atoms with Crippen LogP contribution in [0.4, 0.5) is 10.1 Å². The fourth-order valence-corrected chi connectivity index (χ4v) is 3.18. The Kier molecular flexibility index (Phi) is 3.97. The number of halogens is 2. The normalized spacial score (nSPS) is 17.3. The first-order chi connectivity index (χ1) is 12.1. The molecule has 2 aromatic carbocycles. The molecule has 2 heterocycles. The average Bonchev–Trinajstić information content (AvgIpc) is 3.23. The van der Waals surface area contributed by atoms with Crippen molar-refractivity contribution in [2.75, 3.05) is 11.4 Å². The summed E-state index contributed by atoms with van der Waals surface area (Å²) in [6.07, 6.45) is 0.240. The van der Waals surface area contributed by atoms with Gasteiger partial charge in [-0.05, 0) is 18.2 Å². The smallest absolute Gasteiger partial charge is 0.232 e. The number of carbonyl (C=O) groups is 1. The van der Waals surface area contributed by atoms with Crippen molar-refractivity contribution in [3.8, 4) is 11.4 Å². The van der Waals surface area contributed by atoms with Gasteiger partial charge < -0.3 is 9.42 Å². The van der Waals surface area contributed by atoms with Crippen molar-refractivity contribution in [2.45, 2.75) is 12.3 Å². The van der Waals surface area contributed by atoms with Gasteiger partial charge in [-0.15, -0.1) is 0 Å². The number of carbonyl (C=O) groups excluding carboxylic acids is 1. The quantitative estimate of drug-likeness (QED) is 0.709. The standard InChI is InChI=1S/C18H13ClFN3O2/c19-14-9-13(20)6-7-15(14)23-10-12(8-16(23)24)18-21-17(22-25-18)11-4-2-1-3-5-11/h1-7,9,12H,8,10H2. The third-order valence-corrected chi connectivity index (χ3v) is 4.45. The van der Waals surface area contributed by atoms with Gasteiger partial charge in [-0.25, -0.2) is 4.39 Å². The molecule has 25 heavy (non-hydrogen) atoms. The number of hydrogen-bond acceptors (Lipinski definition) is 4. The van der Waals surface area contributed by atoms with Crippen molar-refractivity contribution in [2.24, 2.45) is 0 Å². The van der Waals surface area contributed by atoms with Gasteiger partial charge in [0.1, 0.15) is 5.82 Å². The molecule has 0 radical (unpaired) electrons. The predicted octanol–water partition coefficient (Wildman–Crippen LogP) is 4.05. The van der Waals surface area contributed by atoms with E-state index in [1.807, 2.05) is 30.3 Å². The van der Waals surface area contributed by atoms with Gasteiger partial charge in [0, 0.05) is 18.5 Å². The van der Waals surface area contributed by atoms with Gasteiger partial charge in [-0.3, -0.25) is 4.79 Å². The van der Waals surface area contributed by atoms with Crippen molar-refractivity contribution < 1.29 is 13.7 Å². The number of anilines is 1. The Bertz CT molecular complexity index is 929. The summed E-state index contributed by atoms with van der Waals surface area (Å²) in [6, 6.07) is 13.4. The van der Waals surface area contributed by atoms with Gasteiger partial charge in [-0.2, -0.15) is 4.98 Å². The highest BCUT2D eigenvalue weighted by Crippen LogP contribution is 2.35.